The number of fused-ring (bicyclic) bond motifs is 1. The summed E-state index contributed by atoms with van der Waals surface area (Å²) in [5.74, 6) is -2.32. The highest BCUT2D eigenvalue weighted by molar-refractivity contribution is 6.04. The Morgan fingerprint density at radius 2 is 2.04 bits per heavy atom. The Morgan fingerprint density at radius 3 is 2.71 bits per heavy atom. The van der Waals surface area contributed by atoms with Gasteiger partial charge in [-0.05, 0) is 12.1 Å². The van der Waals surface area contributed by atoms with Crippen LogP contribution in [0.4, 0.5) is 19.3 Å². The van der Waals surface area contributed by atoms with Gasteiger partial charge in [0, 0.05) is 17.2 Å². The Morgan fingerprint density at radius 1 is 1.33 bits per heavy atom. The summed E-state index contributed by atoms with van der Waals surface area (Å²) in [6, 6.07) is 9.17. The minimum atomic E-state index is -2.98. The average molecular weight is 336 g/mol. The molecule has 0 bridgehead atoms. The van der Waals surface area contributed by atoms with Crippen molar-refractivity contribution in [2.75, 3.05) is 25.6 Å². The molecule has 24 heavy (non-hydrogen) atoms. The van der Waals surface area contributed by atoms with Gasteiger partial charge in [-0.15, -0.1) is 0 Å². The van der Waals surface area contributed by atoms with Gasteiger partial charge in [0.1, 0.15) is 5.75 Å². The van der Waals surface area contributed by atoms with Crippen molar-refractivity contribution in [3.8, 4) is 5.75 Å². The van der Waals surface area contributed by atoms with Gasteiger partial charge in [0.05, 0.1) is 32.0 Å². The molecule has 0 radical (unpaired) electrons. The molecule has 1 unspecified atom stereocenters. The lowest BCUT2D eigenvalue weighted by Gasteiger charge is -2.23. The van der Waals surface area contributed by atoms with E-state index in [1.807, 2.05) is 24.3 Å². The number of anilines is 1. The van der Waals surface area contributed by atoms with E-state index in [1.165, 1.54) is 0 Å². The number of rotatable bonds is 3. The van der Waals surface area contributed by atoms with Crippen molar-refractivity contribution >= 4 is 22.5 Å². The smallest absolute Gasteiger partial charge is 0.322 e. The molecule has 0 saturated carbocycles. The van der Waals surface area contributed by atoms with Gasteiger partial charge in [-0.25, -0.2) is 13.6 Å². The molecule has 2 N–H and O–H groups in total. The van der Waals surface area contributed by atoms with Gasteiger partial charge in [-0.2, -0.15) is 0 Å². The number of hydrogen-bond donors (Lipinski definition) is 2. The zero-order valence-electron chi connectivity index (χ0n) is 13.1. The third-order valence-corrected chi connectivity index (χ3v) is 4.19. The zero-order valence-corrected chi connectivity index (χ0v) is 13.1. The number of alkyl halides is 2. The molecule has 2 aromatic rings. The van der Waals surface area contributed by atoms with Crippen LogP contribution in [0.3, 0.4) is 0 Å². The monoisotopic (exact) mass is 336 g/mol. The number of carbonyl (C=O) groups is 1. The fourth-order valence-electron chi connectivity index (χ4n) is 3.04. The predicted octanol–water partition coefficient (Wildman–Crippen LogP) is 3.08. The Labute approximate surface area is 137 Å². The second-order valence-electron chi connectivity index (χ2n) is 5.82. The molecule has 1 heterocycles. The molecular formula is C17H18F2N2O3. The largest absolute Gasteiger partial charge is 0.496 e. The molecule has 0 spiro atoms. The summed E-state index contributed by atoms with van der Waals surface area (Å²) in [5, 5.41) is 13.5. The van der Waals surface area contributed by atoms with Gasteiger partial charge >= 0.3 is 6.03 Å². The summed E-state index contributed by atoms with van der Waals surface area (Å²) in [6.45, 7) is -1.19. The van der Waals surface area contributed by atoms with Crippen LogP contribution in [0.2, 0.25) is 0 Å². The lowest BCUT2D eigenvalue weighted by atomic mass is 10.1. The summed E-state index contributed by atoms with van der Waals surface area (Å²) >= 11 is 0. The first kappa shape index (κ1) is 16.4. The first-order chi connectivity index (χ1) is 11.4. The lowest BCUT2D eigenvalue weighted by Crippen LogP contribution is -2.41. The van der Waals surface area contributed by atoms with Gasteiger partial charge < -0.3 is 20.1 Å². The van der Waals surface area contributed by atoms with Crippen molar-refractivity contribution < 1.29 is 23.4 Å². The number of carbonyl (C=O) groups excluding carboxylic acids is 1. The second kappa shape index (κ2) is 6.24. The van der Waals surface area contributed by atoms with E-state index in [9.17, 15) is 18.7 Å². The number of methoxy groups -OCH3 is 1. The fraction of sp³-hybridized carbons (Fsp3) is 0.353. The molecule has 128 valence electrons. The SMILES string of the molecule is COc1ccc(NC(=O)N2CC(F)(F)CC2CO)c2ccccc12. The average Bonchev–Trinajstić information content (AvgIpc) is 2.90. The summed E-state index contributed by atoms with van der Waals surface area (Å²) < 4.78 is 32.4. The highest BCUT2D eigenvalue weighted by Crippen LogP contribution is 2.34. The van der Waals surface area contributed by atoms with E-state index in [2.05, 4.69) is 5.32 Å². The zero-order chi connectivity index (χ0) is 17.3. The molecule has 1 atom stereocenters. The van der Waals surface area contributed by atoms with E-state index in [0.29, 0.717) is 11.4 Å². The highest BCUT2D eigenvalue weighted by atomic mass is 19.3. The normalized spacial score (nSPS) is 19.5. The van der Waals surface area contributed by atoms with Gasteiger partial charge in [0.15, 0.2) is 0 Å². The molecule has 1 aliphatic rings. The molecule has 3 rings (SSSR count). The topological polar surface area (TPSA) is 61.8 Å². The maximum absolute atomic E-state index is 13.5. The first-order valence-corrected chi connectivity index (χ1v) is 7.57. The number of amides is 2. The van der Waals surface area contributed by atoms with Gasteiger partial charge in [0.25, 0.3) is 5.92 Å². The summed E-state index contributed by atoms with van der Waals surface area (Å²) in [4.78, 5) is 13.4. The van der Waals surface area contributed by atoms with Crippen LogP contribution in [0.5, 0.6) is 5.75 Å². The molecule has 0 aromatic heterocycles. The van der Waals surface area contributed by atoms with E-state index in [4.69, 9.17) is 4.74 Å². The minimum absolute atomic E-state index is 0.494. The quantitative estimate of drug-likeness (QED) is 0.905. The maximum atomic E-state index is 13.5. The van der Waals surface area contributed by atoms with Crippen LogP contribution in [0.1, 0.15) is 6.42 Å². The van der Waals surface area contributed by atoms with Gasteiger partial charge in [-0.1, -0.05) is 24.3 Å². The van der Waals surface area contributed by atoms with E-state index in [0.717, 1.165) is 15.7 Å². The highest BCUT2D eigenvalue weighted by Gasteiger charge is 2.46. The predicted molar refractivity (Wildman–Crippen MR) is 86.7 cm³/mol. The van der Waals surface area contributed by atoms with E-state index in [1.54, 1.807) is 19.2 Å². The van der Waals surface area contributed by atoms with E-state index >= 15 is 0 Å². The number of halogens is 2. The number of urea groups is 1. The maximum Gasteiger partial charge on any atom is 0.322 e. The van der Waals surface area contributed by atoms with E-state index < -0.39 is 37.6 Å². The number of nitrogens with one attached hydrogen (secondary N) is 1. The molecule has 7 heteroatoms. The van der Waals surface area contributed by atoms with Gasteiger partial charge in [0.2, 0.25) is 0 Å². The number of aliphatic hydroxyl groups is 1. The van der Waals surface area contributed by atoms with Crippen molar-refractivity contribution in [3.63, 3.8) is 0 Å². The molecule has 5 nitrogen and oxygen atoms in total. The number of likely N-dealkylation sites (tertiary alicyclic amines) is 1. The standard InChI is InChI=1S/C17H18F2N2O3/c1-24-15-7-6-14(12-4-2-3-5-13(12)15)20-16(23)21-10-17(18,19)8-11(21)9-22/h2-7,11,22H,8-10H2,1H3,(H,20,23). The summed E-state index contributed by atoms with van der Waals surface area (Å²) in [5.41, 5.74) is 0.503. The van der Waals surface area contributed by atoms with Gasteiger partial charge in [-0.3, -0.25) is 0 Å². The van der Waals surface area contributed by atoms with Crippen molar-refractivity contribution in [3.05, 3.63) is 36.4 Å². The minimum Gasteiger partial charge on any atom is -0.496 e. The second-order valence-corrected chi connectivity index (χ2v) is 5.82. The third kappa shape index (κ3) is 2.99. The van der Waals surface area contributed by atoms with Crippen LogP contribution in [0, 0.1) is 0 Å². The van der Waals surface area contributed by atoms with Crippen molar-refractivity contribution in [2.24, 2.45) is 0 Å². The summed E-state index contributed by atoms with van der Waals surface area (Å²) in [6.07, 6.45) is -0.527. The molecule has 2 aromatic carbocycles. The van der Waals surface area contributed by atoms with Crippen molar-refractivity contribution in [2.45, 2.75) is 18.4 Å². The Bertz CT molecular complexity index is 767. The van der Waals surface area contributed by atoms with Crippen LogP contribution < -0.4 is 10.1 Å². The lowest BCUT2D eigenvalue weighted by molar-refractivity contribution is 0.0145. The number of benzene rings is 2. The number of nitrogens with zero attached hydrogens (tertiary/aromatic N) is 1. The molecule has 1 aliphatic heterocycles. The molecule has 0 aliphatic carbocycles. The summed E-state index contributed by atoms with van der Waals surface area (Å²) in [7, 11) is 1.55. The van der Waals surface area contributed by atoms with E-state index in [-0.39, 0.29) is 0 Å². The number of aliphatic hydroxyl groups excluding tert-OH is 1. The molecular weight excluding hydrogens is 318 g/mol. The van der Waals surface area contributed by atoms with Crippen molar-refractivity contribution in [1.82, 2.24) is 4.90 Å². The number of hydrogen-bond acceptors (Lipinski definition) is 3. The van der Waals surface area contributed by atoms with Crippen molar-refractivity contribution in [1.29, 1.82) is 0 Å². The molecule has 1 saturated heterocycles. The Kier molecular flexibility index (Phi) is 4.28. The Balaban J connectivity index is 1.89. The third-order valence-electron chi connectivity index (χ3n) is 4.19. The number of ether oxygens (including phenoxy) is 1. The van der Waals surface area contributed by atoms with Crippen LogP contribution in [0.15, 0.2) is 36.4 Å². The van der Waals surface area contributed by atoms with Crippen LogP contribution in [-0.4, -0.2) is 48.3 Å². The Hall–Kier alpha value is -2.41. The van der Waals surface area contributed by atoms with Crippen LogP contribution in [-0.2, 0) is 0 Å². The fourth-order valence-corrected chi connectivity index (χ4v) is 3.04. The van der Waals surface area contributed by atoms with Crippen LogP contribution >= 0.6 is 0 Å². The first-order valence-electron chi connectivity index (χ1n) is 7.57. The molecule has 2 amide bonds. The molecule has 1 fully saturated rings. The van der Waals surface area contributed by atoms with Crippen LogP contribution in [0.25, 0.3) is 10.8 Å².